The van der Waals surface area contributed by atoms with Gasteiger partial charge in [0.15, 0.2) is 22.4 Å². The summed E-state index contributed by atoms with van der Waals surface area (Å²) in [5.41, 5.74) is -10.1. The molecule has 11 nitrogen and oxygen atoms in total. The second-order valence-electron chi connectivity index (χ2n) is 14.0. The largest absolute Gasteiger partial charge is 0.467 e. The Bertz CT molecular complexity index is 1300. The van der Waals surface area contributed by atoms with Crippen molar-refractivity contribution >= 4 is 17.7 Å². The van der Waals surface area contributed by atoms with Crippen molar-refractivity contribution in [2.45, 2.75) is 113 Å². The van der Waals surface area contributed by atoms with E-state index >= 15 is 0 Å². The maximum Gasteiger partial charge on any atom is 0.342 e. The number of rotatable bonds is 1. The molecular formula is C29H38O11. The summed E-state index contributed by atoms with van der Waals surface area (Å²) < 4.78 is 23.8. The molecule has 0 aromatic carbocycles. The average Bonchev–Trinajstić information content (AvgIpc) is 3.30. The number of hydrogen-bond donors (Lipinski definition) is 4. The zero-order valence-electron chi connectivity index (χ0n) is 23.5. The van der Waals surface area contributed by atoms with E-state index in [-0.39, 0.29) is 31.5 Å². The molecule has 0 unspecified atom stereocenters. The van der Waals surface area contributed by atoms with Gasteiger partial charge in [0.1, 0.15) is 5.78 Å². The van der Waals surface area contributed by atoms with Crippen molar-refractivity contribution < 1.29 is 53.8 Å². The lowest BCUT2D eigenvalue weighted by molar-refractivity contribution is -0.406. The van der Waals surface area contributed by atoms with E-state index in [9.17, 15) is 34.8 Å². The maximum atomic E-state index is 13.7. The van der Waals surface area contributed by atoms with Crippen molar-refractivity contribution in [3.05, 3.63) is 11.6 Å². The van der Waals surface area contributed by atoms with Crippen LogP contribution in [0.2, 0.25) is 0 Å². The molecule has 0 amide bonds. The Labute approximate surface area is 231 Å². The number of allylic oxidation sites excluding steroid dienone is 2. The highest BCUT2D eigenvalue weighted by atomic mass is 16.8. The molecule has 7 aliphatic rings. The first-order valence-corrected chi connectivity index (χ1v) is 14.3. The number of ether oxygens (including phenoxy) is 4. The van der Waals surface area contributed by atoms with E-state index in [0.717, 1.165) is 5.57 Å². The fraction of sp³-hybridized carbons (Fsp3) is 0.828. The highest BCUT2D eigenvalue weighted by Crippen LogP contribution is 2.79. The summed E-state index contributed by atoms with van der Waals surface area (Å²) in [6.45, 7) is 6.28. The second-order valence-corrected chi connectivity index (χ2v) is 14.0. The van der Waals surface area contributed by atoms with Crippen LogP contribution in [-0.4, -0.2) is 85.3 Å². The van der Waals surface area contributed by atoms with Crippen molar-refractivity contribution in [2.24, 2.45) is 28.6 Å². The Morgan fingerprint density at radius 1 is 1.02 bits per heavy atom. The van der Waals surface area contributed by atoms with E-state index in [1.165, 1.54) is 21.0 Å². The first-order valence-electron chi connectivity index (χ1n) is 14.3. The lowest BCUT2D eigenvalue weighted by Gasteiger charge is -2.59. The maximum absolute atomic E-state index is 13.7. The van der Waals surface area contributed by atoms with Gasteiger partial charge in [0.25, 0.3) is 0 Å². The van der Waals surface area contributed by atoms with Gasteiger partial charge in [-0.25, -0.2) is 9.59 Å². The molecule has 7 rings (SSSR count). The van der Waals surface area contributed by atoms with Crippen LogP contribution in [0.3, 0.4) is 0 Å². The van der Waals surface area contributed by atoms with Gasteiger partial charge in [-0.3, -0.25) is 4.79 Å². The first kappa shape index (κ1) is 27.0. The smallest absolute Gasteiger partial charge is 0.342 e. The van der Waals surface area contributed by atoms with Gasteiger partial charge in [-0.15, -0.1) is 0 Å². The molecule has 2 bridgehead atoms. The minimum atomic E-state index is -2.65. The van der Waals surface area contributed by atoms with Crippen LogP contribution in [0.1, 0.15) is 72.6 Å². The quantitative estimate of drug-likeness (QED) is 0.261. The van der Waals surface area contributed by atoms with Gasteiger partial charge in [-0.1, -0.05) is 18.6 Å². The van der Waals surface area contributed by atoms with E-state index in [1.807, 2.05) is 13.0 Å². The molecule has 6 fully saturated rings. The number of methoxy groups -OCH3 is 1. The van der Waals surface area contributed by atoms with Crippen molar-refractivity contribution in [3.8, 4) is 0 Å². The molecule has 1 spiro atoms. The summed E-state index contributed by atoms with van der Waals surface area (Å²) in [5, 5.41) is 49.6. The number of fused-ring (bicyclic) bond motifs is 6. The third-order valence-electron chi connectivity index (χ3n) is 12.8. The predicted octanol–water partition coefficient (Wildman–Crippen LogP) is 0.644. The molecule has 0 radical (unpaired) electrons. The zero-order chi connectivity index (χ0) is 29.1. The molecule has 220 valence electrons. The third kappa shape index (κ3) is 2.30. The van der Waals surface area contributed by atoms with Crippen LogP contribution in [0.15, 0.2) is 11.6 Å². The predicted molar refractivity (Wildman–Crippen MR) is 133 cm³/mol. The summed E-state index contributed by atoms with van der Waals surface area (Å²) in [6.07, 6.45) is 2.18. The van der Waals surface area contributed by atoms with Gasteiger partial charge in [-0.2, -0.15) is 0 Å². The molecule has 3 aliphatic carbocycles. The molecule has 11 heteroatoms. The van der Waals surface area contributed by atoms with Gasteiger partial charge in [-0.05, 0) is 65.2 Å². The molecule has 0 aromatic heterocycles. The number of carbonyl (C=O) groups is 3. The van der Waals surface area contributed by atoms with Gasteiger partial charge < -0.3 is 39.4 Å². The number of ketones is 1. The van der Waals surface area contributed by atoms with E-state index in [1.54, 1.807) is 6.92 Å². The Morgan fingerprint density at radius 3 is 2.40 bits per heavy atom. The van der Waals surface area contributed by atoms with Gasteiger partial charge in [0.05, 0.1) is 24.5 Å². The van der Waals surface area contributed by atoms with Gasteiger partial charge in [0, 0.05) is 17.8 Å². The Morgan fingerprint density at radius 2 is 1.73 bits per heavy atom. The van der Waals surface area contributed by atoms with E-state index < -0.39 is 80.6 Å². The molecule has 0 aromatic rings. The molecule has 4 aliphatic heterocycles. The third-order valence-corrected chi connectivity index (χ3v) is 12.8. The number of hydrogen-bond acceptors (Lipinski definition) is 11. The Hall–Kier alpha value is -1.89. The SMILES string of the molecule is COC(=O)[C@@]1(C)O[C@@]2(O)[C@@H]3[C@@]45O[C@]2(O)[C@@H]2CC=C6CCCC(=O)[C@]6(C)[C@H]2CC[C@@]4(O)C(=O)O[C@@]5(C)[C@H](O)C[C@@]31C. The summed E-state index contributed by atoms with van der Waals surface area (Å²) >= 11 is 0. The van der Waals surface area contributed by atoms with Crippen LogP contribution in [0, 0.1) is 28.6 Å². The van der Waals surface area contributed by atoms with Crippen molar-refractivity contribution in [1.29, 1.82) is 0 Å². The number of aliphatic hydroxyl groups excluding tert-OH is 1. The zero-order valence-corrected chi connectivity index (χ0v) is 23.5. The Kier molecular flexibility index (Phi) is 4.84. The topological polar surface area (TPSA) is 169 Å². The highest BCUT2D eigenvalue weighted by molar-refractivity contribution is 5.90. The van der Waals surface area contributed by atoms with Gasteiger partial charge >= 0.3 is 11.9 Å². The summed E-state index contributed by atoms with van der Waals surface area (Å²) in [5.74, 6) is -10.1. The molecule has 2 saturated carbocycles. The Balaban J connectivity index is 1.55. The molecule has 4 saturated heterocycles. The summed E-state index contributed by atoms with van der Waals surface area (Å²) in [4.78, 5) is 40.7. The van der Waals surface area contributed by atoms with Crippen LogP contribution in [-0.2, 0) is 33.3 Å². The number of esters is 2. The highest BCUT2D eigenvalue weighted by Gasteiger charge is 2.98. The van der Waals surface area contributed by atoms with Crippen LogP contribution in [0.4, 0.5) is 0 Å². The van der Waals surface area contributed by atoms with Crippen molar-refractivity contribution in [1.82, 2.24) is 0 Å². The van der Waals surface area contributed by atoms with Crippen LogP contribution in [0.5, 0.6) is 0 Å². The van der Waals surface area contributed by atoms with Crippen molar-refractivity contribution in [3.63, 3.8) is 0 Å². The molecular weight excluding hydrogens is 524 g/mol. The van der Waals surface area contributed by atoms with E-state index in [4.69, 9.17) is 18.9 Å². The van der Waals surface area contributed by atoms with Crippen LogP contribution >= 0.6 is 0 Å². The monoisotopic (exact) mass is 562 g/mol. The van der Waals surface area contributed by atoms with Crippen molar-refractivity contribution in [2.75, 3.05) is 7.11 Å². The molecule has 4 heterocycles. The van der Waals surface area contributed by atoms with Crippen LogP contribution in [0.25, 0.3) is 0 Å². The lowest BCUT2D eigenvalue weighted by atomic mass is 9.47. The number of Topliss-reactive ketones (excluding diaryl/α,β-unsaturated/α-hetero) is 1. The summed E-state index contributed by atoms with van der Waals surface area (Å²) in [7, 11) is 1.17. The normalized spacial score (nSPS) is 59.6. The number of carbonyl (C=O) groups excluding carboxylic acids is 3. The minimum Gasteiger partial charge on any atom is -0.467 e. The summed E-state index contributed by atoms with van der Waals surface area (Å²) in [6, 6.07) is 0. The molecule has 12 atom stereocenters. The second kappa shape index (κ2) is 7.18. The lowest BCUT2D eigenvalue weighted by Crippen LogP contribution is -2.77. The fourth-order valence-electron chi connectivity index (χ4n) is 10.5. The van der Waals surface area contributed by atoms with Gasteiger partial charge in [0.2, 0.25) is 11.6 Å². The minimum absolute atomic E-state index is 0.0150. The molecule has 40 heavy (non-hydrogen) atoms. The standard InChI is InChI=1S/C29H38O11/c1-22-13-18(31)24(3)27-19(22)29(36,39-25(22,4)20(32)37-5)28(35,40-27)16-10-9-14-7-6-8-17(30)23(14,2)15(16)11-12-26(27,34)21(33)38-24/h9,15-16,18-19,31,34-36H,6-8,10-13H2,1-5H3/t15-,16+,18+,19-,22-,23-,24-,25+,26+,27-,28+,29-/m0/s1. The number of aliphatic hydroxyl groups is 4. The first-order chi connectivity index (χ1) is 18.5. The van der Waals surface area contributed by atoms with Crippen LogP contribution < -0.4 is 0 Å². The van der Waals surface area contributed by atoms with E-state index in [2.05, 4.69) is 0 Å². The van der Waals surface area contributed by atoms with E-state index in [0.29, 0.717) is 19.3 Å². The average molecular weight is 563 g/mol. The molecule has 4 N–H and O–H groups in total. The fourth-order valence-corrected chi connectivity index (χ4v) is 10.5.